The minimum Gasteiger partial charge on any atom is -0.481 e. The maximum Gasteiger partial charge on any atom is 0.408 e. The van der Waals surface area contributed by atoms with Crippen molar-refractivity contribution in [2.45, 2.75) is 38.0 Å². The van der Waals surface area contributed by atoms with E-state index in [1.165, 1.54) is 13.3 Å². The maximum atomic E-state index is 12.6. The summed E-state index contributed by atoms with van der Waals surface area (Å²) in [5.74, 6) is -0.103. The smallest absolute Gasteiger partial charge is 0.408 e. The minimum atomic E-state index is -4.34. The second-order valence-electron chi connectivity index (χ2n) is 5.84. The van der Waals surface area contributed by atoms with E-state index in [0.717, 1.165) is 16.7 Å². The maximum absolute atomic E-state index is 12.6. The Labute approximate surface area is 142 Å². The fraction of sp³-hybridized carbons (Fsp3) is 0.438. The summed E-state index contributed by atoms with van der Waals surface area (Å²) in [6.07, 6.45) is -0.896. The molecule has 2 aromatic heterocycles. The fourth-order valence-electron chi connectivity index (χ4n) is 2.89. The summed E-state index contributed by atoms with van der Waals surface area (Å²) in [6.45, 7) is -1.14. The molecule has 134 valence electrons. The number of aromatic nitrogens is 3. The summed E-state index contributed by atoms with van der Waals surface area (Å²) in [5, 5.41) is 6.84. The average molecular weight is 354 g/mol. The van der Waals surface area contributed by atoms with E-state index in [1.807, 2.05) is 0 Å². The van der Waals surface area contributed by atoms with Crippen LogP contribution in [-0.2, 0) is 13.0 Å². The van der Waals surface area contributed by atoms with E-state index < -0.39 is 24.7 Å². The van der Waals surface area contributed by atoms with Gasteiger partial charge in [0.05, 0.1) is 18.8 Å². The van der Waals surface area contributed by atoms with Gasteiger partial charge in [0, 0.05) is 12.3 Å². The molecule has 2 aromatic rings. The molecule has 0 saturated carbocycles. The van der Waals surface area contributed by atoms with Crippen LogP contribution in [0.5, 0.6) is 5.88 Å². The highest BCUT2D eigenvalue weighted by Crippen LogP contribution is 2.29. The van der Waals surface area contributed by atoms with E-state index in [9.17, 15) is 18.0 Å². The fourth-order valence-corrected chi connectivity index (χ4v) is 2.89. The summed E-state index contributed by atoms with van der Waals surface area (Å²) < 4.78 is 43.5. The summed E-state index contributed by atoms with van der Waals surface area (Å²) >= 11 is 0. The Morgan fingerprint density at radius 2 is 2.24 bits per heavy atom. The molecule has 0 saturated heterocycles. The van der Waals surface area contributed by atoms with Crippen molar-refractivity contribution in [2.75, 3.05) is 7.11 Å². The zero-order valence-corrected chi connectivity index (χ0v) is 13.5. The molecule has 1 aliphatic carbocycles. The molecule has 0 aliphatic heterocycles. The summed E-state index contributed by atoms with van der Waals surface area (Å²) in [5.41, 5.74) is 1.41. The number of pyridine rings is 1. The number of alkyl halides is 3. The summed E-state index contributed by atoms with van der Waals surface area (Å²) in [4.78, 5) is 16.4. The van der Waals surface area contributed by atoms with Crippen LogP contribution < -0.4 is 10.1 Å². The van der Waals surface area contributed by atoms with E-state index >= 15 is 0 Å². The monoisotopic (exact) mass is 354 g/mol. The first-order chi connectivity index (χ1) is 11.9. The topological polar surface area (TPSA) is 69.0 Å². The number of methoxy groups -OCH3 is 1. The Kier molecular flexibility index (Phi) is 4.65. The van der Waals surface area contributed by atoms with Gasteiger partial charge in [0.2, 0.25) is 5.88 Å². The SMILES string of the molecule is COc1cccc(C(=O)NC2CCCc3cn(CC(F)(F)F)nc32)n1. The molecule has 1 N–H and O–H groups in total. The van der Waals surface area contributed by atoms with Crippen LogP contribution in [0.1, 0.15) is 40.6 Å². The van der Waals surface area contributed by atoms with Gasteiger partial charge in [0.25, 0.3) is 5.91 Å². The zero-order chi connectivity index (χ0) is 18.0. The van der Waals surface area contributed by atoms with Crippen LogP contribution in [0.15, 0.2) is 24.4 Å². The standard InChI is InChI=1S/C16H17F3N4O2/c1-25-13-7-3-6-12(20-13)15(24)21-11-5-2-4-10-8-23(22-14(10)11)9-16(17,18)19/h3,6-8,11H,2,4-5,9H2,1H3,(H,21,24). The number of amides is 1. The highest BCUT2D eigenvalue weighted by atomic mass is 19.4. The number of hydrogen-bond donors (Lipinski definition) is 1. The average Bonchev–Trinajstić information content (AvgIpc) is 2.96. The number of rotatable bonds is 4. The highest BCUT2D eigenvalue weighted by Gasteiger charge is 2.31. The van der Waals surface area contributed by atoms with Gasteiger partial charge in [-0.3, -0.25) is 9.48 Å². The third-order valence-electron chi connectivity index (χ3n) is 3.95. The van der Waals surface area contributed by atoms with Crippen LogP contribution >= 0.6 is 0 Å². The van der Waals surface area contributed by atoms with Crippen LogP contribution in [-0.4, -0.2) is 34.0 Å². The van der Waals surface area contributed by atoms with Crippen LogP contribution in [0, 0.1) is 0 Å². The number of ether oxygens (including phenoxy) is 1. The molecule has 25 heavy (non-hydrogen) atoms. The lowest BCUT2D eigenvalue weighted by molar-refractivity contribution is -0.142. The van der Waals surface area contributed by atoms with Crippen molar-refractivity contribution in [2.24, 2.45) is 0 Å². The van der Waals surface area contributed by atoms with Gasteiger partial charge in [0.1, 0.15) is 12.2 Å². The summed E-state index contributed by atoms with van der Waals surface area (Å²) in [7, 11) is 1.45. The molecule has 0 bridgehead atoms. The molecular formula is C16H17F3N4O2. The largest absolute Gasteiger partial charge is 0.481 e. The van der Waals surface area contributed by atoms with Gasteiger partial charge in [-0.25, -0.2) is 4.98 Å². The number of hydrogen-bond acceptors (Lipinski definition) is 4. The quantitative estimate of drug-likeness (QED) is 0.917. The molecule has 0 spiro atoms. The Morgan fingerprint density at radius 3 is 2.96 bits per heavy atom. The van der Waals surface area contributed by atoms with Gasteiger partial charge in [-0.1, -0.05) is 6.07 Å². The van der Waals surface area contributed by atoms with E-state index in [0.29, 0.717) is 24.4 Å². The first-order valence-electron chi connectivity index (χ1n) is 7.80. The lowest BCUT2D eigenvalue weighted by Gasteiger charge is -2.22. The van der Waals surface area contributed by atoms with Crippen LogP contribution in [0.4, 0.5) is 13.2 Å². The molecule has 1 aliphatic rings. The van der Waals surface area contributed by atoms with Gasteiger partial charge in [-0.2, -0.15) is 18.3 Å². The normalized spacial score (nSPS) is 17.0. The van der Waals surface area contributed by atoms with Gasteiger partial charge >= 0.3 is 6.18 Å². The van der Waals surface area contributed by atoms with Gasteiger partial charge in [0.15, 0.2) is 0 Å². The molecule has 9 heteroatoms. The molecule has 1 unspecified atom stereocenters. The Hall–Kier alpha value is -2.58. The number of nitrogens with one attached hydrogen (secondary N) is 1. The molecule has 2 heterocycles. The number of halogens is 3. The molecule has 3 rings (SSSR count). The number of fused-ring (bicyclic) bond motifs is 1. The second kappa shape index (κ2) is 6.73. The molecule has 0 aromatic carbocycles. The van der Waals surface area contributed by atoms with Crippen LogP contribution in [0.25, 0.3) is 0 Å². The molecule has 0 radical (unpaired) electrons. The Balaban J connectivity index is 1.77. The number of carbonyl (C=O) groups excluding carboxylic acids is 1. The third-order valence-corrected chi connectivity index (χ3v) is 3.95. The van der Waals surface area contributed by atoms with Crippen molar-refractivity contribution in [3.05, 3.63) is 41.3 Å². The zero-order valence-electron chi connectivity index (χ0n) is 13.5. The van der Waals surface area contributed by atoms with E-state index in [1.54, 1.807) is 18.2 Å². The minimum absolute atomic E-state index is 0.182. The molecular weight excluding hydrogens is 337 g/mol. The van der Waals surface area contributed by atoms with Crippen LogP contribution in [0.3, 0.4) is 0 Å². The van der Waals surface area contributed by atoms with E-state index in [4.69, 9.17) is 4.74 Å². The molecule has 6 nitrogen and oxygen atoms in total. The van der Waals surface area contributed by atoms with Crippen molar-refractivity contribution in [3.63, 3.8) is 0 Å². The lowest BCUT2D eigenvalue weighted by Crippen LogP contribution is -2.31. The second-order valence-corrected chi connectivity index (χ2v) is 5.84. The molecule has 1 amide bonds. The molecule has 0 fully saturated rings. The van der Waals surface area contributed by atoms with Crippen molar-refractivity contribution in [1.29, 1.82) is 0 Å². The van der Waals surface area contributed by atoms with Crippen molar-refractivity contribution in [3.8, 4) is 5.88 Å². The Bertz CT molecular complexity index is 773. The predicted octanol–water partition coefficient (Wildman–Crippen LogP) is 2.66. The van der Waals surface area contributed by atoms with E-state index in [2.05, 4.69) is 15.4 Å². The van der Waals surface area contributed by atoms with E-state index in [-0.39, 0.29) is 5.69 Å². The molecule has 1 atom stereocenters. The third kappa shape index (κ3) is 4.09. The van der Waals surface area contributed by atoms with Gasteiger partial charge < -0.3 is 10.1 Å². The van der Waals surface area contributed by atoms with Crippen molar-refractivity contribution in [1.82, 2.24) is 20.1 Å². The number of aryl methyl sites for hydroxylation is 1. The first-order valence-corrected chi connectivity index (χ1v) is 7.80. The van der Waals surface area contributed by atoms with Gasteiger partial charge in [-0.05, 0) is 30.9 Å². The predicted molar refractivity (Wildman–Crippen MR) is 82.2 cm³/mol. The van der Waals surface area contributed by atoms with Crippen molar-refractivity contribution < 1.29 is 22.7 Å². The van der Waals surface area contributed by atoms with Crippen LogP contribution in [0.2, 0.25) is 0 Å². The highest BCUT2D eigenvalue weighted by molar-refractivity contribution is 5.92. The lowest BCUT2D eigenvalue weighted by atomic mass is 9.93. The summed E-state index contributed by atoms with van der Waals surface area (Å²) in [6, 6.07) is 4.38. The van der Waals surface area contributed by atoms with Gasteiger partial charge in [-0.15, -0.1) is 0 Å². The number of carbonyl (C=O) groups is 1. The Morgan fingerprint density at radius 1 is 1.44 bits per heavy atom. The first kappa shape index (κ1) is 17.2. The number of nitrogens with zero attached hydrogens (tertiary/aromatic N) is 3. The van der Waals surface area contributed by atoms with Crippen molar-refractivity contribution >= 4 is 5.91 Å².